The Kier molecular flexibility index (Phi) is 4.73. The van der Waals surface area contributed by atoms with Crippen molar-refractivity contribution in [3.63, 3.8) is 0 Å². The number of nitro groups is 1. The Morgan fingerprint density at radius 2 is 1.81 bits per heavy atom. The first-order chi connectivity index (χ1) is 13.0. The number of nitro benzene ring substituents is 1. The van der Waals surface area contributed by atoms with Crippen molar-refractivity contribution in [1.29, 1.82) is 5.26 Å². The van der Waals surface area contributed by atoms with E-state index < -0.39 is 4.92 Å². The number of nitrogens with two attached hydrogens (primary N) is 1. The summed E-state index contributed by atoms with van der Waals surface area (Å²) in [6.45, 7) is 1.76. The molecule has 134 valence electrons. The van der Waals surface area contributed by atoms with Crippen molar-refractivity contribution in [2.24, 2.45) is 0 Å². The van der Waals surface area contributed by atoms with E-state index in [1.807, 2.05) is 12.1 Å². The predicted molar refractivity (Wildman–Crippen MR) is 102 cm³/mol. The number of nitrogen functional groups attached to an aromatic ring is 1. The minimum atomic E-state index is -0.472. The van der Waals surface area contributed by atoms with Crippen LogP contribution in [0.4, 0.5) is 11.5 Å². The molecule has 0 aliphatic heterocycles. The standard InChI is InChI=1S/C20H16N4O3/c1-12-18(13-7-9-14(27-2)10-8-13)19(16(11-21)20(22)23-12)15-5-3-4-6-17(15)24(25)26/h3-10H,1-2H3,(H2,22,23). The maximum atomic E-state index is 11.6. The summed E-state index contributed by atoms with van der Waals surface area (Å²) in [5.41, 5.74) is 8.65. The van der Waals surface area contributed by atoms with Crippen LogP contribution in [-0.4, -0.2) is 17.0 Å². The predicted octanol–water partition coefficient (Wildman–Crippen LogP) is 4.09. The number of benzene rings is 2. The van der Waals surface area contributed by atoms with E-state index in [-0.39, 0.29) is 17.1 Å². The molecule has 0 unspecified atom stereocenters. The molecule has 0 radical (unpaired) electrons. The Morgan fingerprint density at radius 1 is 1.15 bits per heavy atom. The van der Waals surface area contributed by atoms with Gasteiger partial charge in [0.2, 0.25) is 0 Å². The monoisotopic (exact) mass is 360 g/mol. The van der Waals surface area contributed by atoms with Crippen molar-refractivity contribution in [1.82, 2.24) is 4.98 Å². The summed E-state index contributed by atoms with van der Waals surface area (Å²) in [4.78, 5) is 15.4. The number of nitrogens with zero attached hydrogens (tertiary/aromatic N) is 3. The van der Waals surface area contributed by atoms with Crippen LogP contribution >= 0.6 is 0 Å². The average molecular weight is 360 g/mol. The van der Waals surface area contributed by atoms with Crippen molar-refractivity contribution in [3.8, 4) is 34.1 Å². The van der Waals surface area contributed by atoms with Gasteiger partial charge in [0.25, 0.3) is 5.69 Å². The highest BCUT2D eigenvalue weighted by Gasteiger charge is 2.25. The molecule has 0 saturated heterocycles. The first-order valence-electron chi connectivity index (χ1n) is 8.06. The fourth-order valence-corrected chi connectivity index (χ4v) is 3.06. The fraction of sp³-hybridized carbons (Fsp3) is 0.100. The summed E-state index contributed by atoms with van der Waals surface area (Å²) in [6.07, 6.45) is 0. The molecule has 1 aromatic heterocycles. The molecule has 0 atom stereocenters. The van der Waals surface area contributed by atoms with Crippen LogP contribution in [0, 0.1) is 28.4 Å². The second kappa shape index (κ2) is 7.14. The summed E-state index contributed by atoms with van der Waals surface area (Å²) in [6, 6.07) is 15.5. The van der Waals surface area contributed by atoms with Gasteiger partial charge in [-0.1, -0.05) is 24.3 Å². The minimum Gasteiger partial charge on any atom is -0.497 e. The Balaban J connectivity index is 2.42. The quantitative estimate of drug-likeness (QED) is 0.553. The van der Waals surface area contributed by atoms with Crippen LogP contribution in [0.15, 0.2) is 48.5 Å². The van der Waals surface area contributed by atoms with E-state index in [1.165, 1.54) is 6.07 Å². The zero-order valence-corrected chi connectivity index (χ0v) is 14.8. The zero-order valence-electron chi connectivity index (χ0n) is 14.8. The number of rotatable bonds is 4. The van der Waals surface area contributed by atoms with Crippen LogP contribution in [0.3, 0.4) is 0 Å². The Labute approximate surface area is 155 Å². The minimum absolute atomic E-state index is 0.0420. The summed E-state index contributed by atoms with van der Waals surface area (Å²) in [7, 11) is 1.57. The number of pyridine rings is 1. The van der Waals surface area contributed by atoms with Crippen LogP contribution in [0.25, 0.3) is 22.3 Å². The summed E-state index contributed by atoms with van der Waals surface area (Å²) >= 11 is 0. The van der Waals surface area contributed by atoms with Gasteiger partial charge in [0, 0.05) is 22.9 Å². The molecule has 0 aliphatic rings. The number of aromatic nitrogens is 1. The molecule has 0 aliphatic carbocycles. The first-order valence-corrected chi connectivity index (χ1v) is 8.06. The lowest BCUT2D eigenvalue weighted by molar-refractivity contribution is -0.384. The van der Waals surface area contributed by atoms with Crippen molar-refractivity contribution in [3.05, 3.63) is 69.9 Å². The van der Waals surface area contributed by atoms with E-state index in [1.54, 1.807) is 44.4 Å². The zero-order chi connectivity index (χ0) is 19.6. The topological polar surface area (TPSA) is 115 Å². The number of para-hydroxylation sites is 1. The Morgan fingerprint density at radius 3 is 2.41 bits per heavy atom. The van der Waals surface area contributed by atoms with Gasteiger partial charge in [-0.05, 0) is 30.7 Å². The fourth-order valence-electron chi connectivity index (χ4n) is 3.06. The van der Waals surface area contributed by atoms with Gasteiger partial charge in [-0.25, -0.2) is 4.98 Å². The SMILES string of the molecule is COc1ccc(-c2c(C)nc(N)c(C#N)c2-c2ccccc2[N+](=O)[O-])cc1. The highest BCUT2D eigenvalue weighted by molar-refractivity contribution is 5.94. The lowest BCUT2D eigenvalue weighted by Crippen LogP contribution is -2.04. The number of hydrogen-bond donors (Lipinski definition) is 1. The maximum Gasteiger partial charge on any atom is 0.277 e. The Bertz CT molecular complexity index is 1070. The summed E-state index contributed by atoms with van der Waals surface area (Å²) in [5.74, 6) is 0.716. The van der Waals surface area contributed by atoms with Gasteiger partial charge in [-0.3, -0.25) is 10.1 Å². The first kappa shape index (κ1) is 17.9. The molecule has 0 saturated carbocycles. The van der Waals surface area contributed by atoms with Crippen LogP contribution in [0.2, 0.25) is 0 Å². The summed E-state index contributed by atoms with van der Waals surface area (Å²) in [5, 5.41) is 21.2. The highest BCUT2D eigenvalue weighted by atomic mass is 16.6. The lowest BCUT2D eigenvalue weighted by Gasteiger charge is -2.16. The van der Waals surface area contributed by atoms with Crippen LogP contribution in [0.1, 0.15) is 11.3 Å². The third-order valence-corrected chi connectivity index (χ3v) is 4.27. The number of ether oxygens (including phenoxy) is 1. The van der Waals surface area contributed by atoms with Crippen molar-refractivity contribution < 1.29 is 9.66 Å². The van der Waals surface area contributed by atoms with E-state index in [9.17, 15) is 15.4 Å². The second-order valence-corrected chi connectivity index (χ2v) is 5.82. The van der Waals surface area contributed by atoms with Crippen LogP contribution < -0.4 is 10.5 Å². The highest BCUT2D eigenvalue weighted by Crippen LogP contribution is 2.42. The van der Waals surface area contributed by atoms with Crippen molar-refractivity contribution in [2.75, 3.05) is 12.8 Å². The molecule has 1 heterocycles. The molecule has 0 amide bonds. The molecule has 0 spiro atoms. The van der Waals surface area contributed by atoms with E-state index in [4.69, 9.17) is 10.5 Å². The van der Waals surface area contributed by atoms with E-state index in [2.05, 4.69) is 11.1 Å². The third-order valence-electron chi connectivity index (χ3n) is 4.27. The van der Waals surface area contributed by atoms with Crippen LogP contribution in [0.5, 0.6) is 5.75 Å². The largest absolute Gasteiger partial charge is 0.497 e. The number of hydrogen-bond acceptors (Lipinski definition) is 6. The van der Waals surface area contributed by atoms with E-state index in [0.717, 1.165) is 5.56 Å². The molecule has 7 nitrogen and oxygen atoms in total. The average Bonchev–Trinajstić information content (AvgIpc) is 2.67. The van der Waals surface area contributed by atoms with E-state index in [0.29, 0.717) is 28.1 Å². The molecule has 3 rings (SSSR count). The van der Waals surface area contributed by atoms with Gasteiger partial charge >= 0.3 is 0 Å². The maximum absolute atomic E-state index is 11.6. The number of aryl methyl sites for hydroxylation is 1. The lowest BCUT2D eigenvalue weighted by atomic mass is 9.89. The number of anilines is 1. The molecule has 2 aromatic carbocycles. The molecular formula is C20H16N4O3. The molecule has 7 heteroatoms. The van der Waals surface area contributed by atoms with Gasteiger partial charge < -0.3 is 10.5 Å². The van der Waals surface area contributed by atoms with Crippen molar-refractivity contribution in [2.45, 2.75) is 6.92 Å². The molecule has 0 bridgehead atoms. The second-order valence-electron chi connectivity index (χ2n) is 5.82. The van der Waals surface area contributed by atoms with Gasteiger partial charge in [-0.2, -0.15) is 5.26 Å². The molecule has 3 aromatic rings. The van der Waals surface area contributed by atoms with Crippen LogP contribution in [-0.2, 0) is 0 Å². The van der Waals surface area contributed by atoms with Gasteiger partial charge in [0.15, 0.2) is 0 Å². The summed E-state index contributed by atoms with van der Waals surface area (Å²) < 4.78 is 5.19. The van der Waals surface area contributed by atoms with Gasteiger partial charge in [0.05, 0.1) is 17.6 Å². The van der Waals surface area contributed by atoms with Gasteiger partial charge in [-0.15, -0.1) is 0 Å². The van der Waals surface area contributed by atoms with Gasteiger partial charge in [0.1, 0.15) is 23.2 Å². The van der Waals surface area contributed by atoms with Crippen molar-refractivity contribution >= 4 is 11.5 Å². The molecule has 2 N–H and O–H groups in total. The smallest absolute Gasteiger partial charge is 0.277 e. The third kappa shape index (κ3) is 3.16. The Hall–Kier alpha value is -3.92. The number of nitriles is 1. The molecule has 27 heavy (non-hydrogen) atoms. The molecule has 0 fully saturated rings. The van der Waals surface area contributed by atoms with E-state index >= 15 is 0 Å². The molecular weight excluding hydrogens is 344 g/mol. The normalized spacial score (nSPS) is 10.3. The number of methoxy groups -OCH3 is 1.